The summed E-state index contributed by atoms with van der Waals surface area (Å²) in [5.74, 6) is 0. The Morgan fingerprint density at radius 1 is 1.06 bits per heavy atom. The highest BCUT2D eigenvalue weighted by Gasteiger charge is 2.15. The number of rotatable bonds is 11. The van der Waals surface area contributed by atoms with Gasteiger partial charge in [0.15, 0.2) is 0 Å². The van der Waals surface area contributed by atoms with E-state index in [0.29, 0.717) is 26.4 Å². The van der Waals surface area contributed by atoms with E-state index in [1.165, 1.54) is 0 Å². The Morgan fingerprint density at radius 2 is 1.75 bits per heavy atom. The number of nitrogens with two attached hydrogens (primary N) is 1. The fourth-order valence-corrected chi connectivity index (χ4v) is 1.57. The lowest BCUT2D eigenvalue weighted by Crippen LogP contribution is -2.37. The molecule has 2 atom stereocenters. The average molecular weight is 233 g/mol. The summed E-state index contributed by atoms with van der Waals surface area (Å²) < 4.78 is 15.9. The zero-order valence-corrected chi connectivity index (χ0v) is 10.9. The monoisotopic (exact) mass is 233 g/mol. The van der Waals surface area contributed by atoms with E-state index in [9.17, 15) is 0 Å². The summed E-state index contributed by atoms with van der Waals surface area (Å²) in [5.41, 5.74) is 6.02. The number of hydrogen-bond acceptors (Lipinski definition) is 4. The quantitative estimate of drug-likeness (QED) is 0.550. The van der Waals surface area contributed by atoms with Gasteiger partial charge in [-0.3, -0.25) is 0 Å². The molecule has 0 aliphatic carbocycles. The van der Waals surface area contributed by atoms with Gasteiger partial charge in [0.2, 0.25) is 0 Å². The van der Waals surface area contributed by atoms with Crippen molar-refractivity contribution in [2.45, 2.75) is 45.3 Å². The topological polar surface area (TPSA) is 53.7 Å². The molecule has 16 heavy (non-hydrogen) atoms. The summed E-state index contributed by atoms with van der Waals surface area (Å²) >= 11 is 0. The first-order valence-electron chi connectivity index (χ1n) is 6.20. The van der Waals surface area contributed by atoms with Gasteiger partial charge in [-0.1, -0.05) is 20.3 Å². The summed E-state index contributed by atoms with van der Waals surface area (Å²) in [6.45, 7) is 6.72. The molecule has 0 aromatic rings. The first-order valence-corrected chi connectivity index (χ1v) is 6.20. The molecule has 0 amide bonds. The fourth-order valence-electron chi connectivity index (χ4n) is 1.57. The van der Waals surface area contributed by atoms with Crippen LogP contribution in [0.5, 0.6) is 0 Å². The Bertz CT molecular complexity index is 144. The van der Waals surface area contributed by atoms with E-state index in [0.717, 1.165) is 19.3 Å². The molecule has 0 fully saturated rings. The van der Waals surface area contributed by atoms with Gasteiger partial charge in [0.05, 0.1) is 32.5 Å². The third-order valence-corrected chi connectivity index (χ3v) is 2.49. The van der Waals surface area contributed by atoms with E-state index in [2.05, 4.69) is 13.8 Å². The third-order valence-electron chi connectivity index (χ3n) is 2.49. The van der Waals surface area contributed by atoms with Crippen LogP contribution in [0.1, 0.15) is 33.1 Å². The number of methoxy groups -OCH3 is 1. The van der Waals surface area contributed by atoms with Gasteiger partial charge in [-0.15, -0.1) is 0 Å². The second kappa shape index (κ2) is 11.3. The summed E-state index contributed by atoms with van der Waals surface area (Å²) in [6.07, 6.45) is 3.24. The average Bonchev–Trinajstić information content (AvgIpc) is 2.28. The van der Waals surface area contributed by atoms with Crippen molar-refractivity contribution in [1.29, 1.82) is 0 Å². The molecule has 2 N–H and O–H groups in total. The first-order chi connectivity index (χ1) is 7.76. The van der Waals surface area contributed by atoms with E-state index < -0.39 is 0 Å². The van der Waals surface area contributed by atoms with Crippen LogP contribution in [0.3, 0.4) is 0 Å². The van der Waals surface area contributed by atoms with Gasteiger partial charge in [0.1, 0.15) is 0 Å². The van der Waals surface area contributed by atoms with Gasteiger partial charge in [0, 0.05) is 13.2 Å². The summed E-state index contributed by atoms with van der Waals surface area (Å²) in [7, 11) is 1.66. The largest absolute Gasteiger partial charge is 0.382 e. The molecule has 0 heterocycles. The highest BCUT2D eigenvalue weighted by Crippen LogP contribution is 2.07. The van der Waals surface area contributed by atoms with Gasteiger partial charge in [-0.05, 0) is 12.8 Å². The van der Waals surface area contributed by atoms with Crippen LogP contribution >= 0.6 is 0 Å². The van der Waals surface area contributed by atoms with Crippen LogP contribution in [0.4, 0.5) is 0 Å². The zero-order valence-electron chi connectivity index (χ0n) is 10.9. The summed E-state index contributed by atoms with van der Waals surface area (Å²) in [6, 6.07) is 0.147. The van der Waals surface area contributed by atoms with Gasteiger partial charge in [-0.25, -0.2) is 0 Å². The van der Waals surface area contributed by atoms with E-state index >= 15 is 0 Å². The molecule has 4 nitrogen and oxygen atoms in total. The maximum Gasteiger partial charge on any atom is 0.0724 e. The second-order valence-corrected chi connectivity index (χ2v) is 3.88. The molecule has 2 unspecified atom stereocenters. The lowest BCUT2D eigenvalue weighted by molar-refractivity contribution is -0.0171. The molecule has 0 saturated heterocycles. The highest BCUT2D eigenvalue weighted by atomic mass is 16.5. The minimum Gasteiger partial charge on any atom is -0.382 e. The summed E-state index contributed by atoms with van der Waals surface area (Å²) in [4.78, 5) is 0. The van der Waals surface area contributed by atoms with Gasteiger partial charge < -0.3 is 19.9 Å². The Labute approximate surface area is 99.4 Å². The lowest BCUT2D eigenvalue weighted by atomic mass is 10.1. The normalized spacial score (nSPS) is 15.0. The van der Waals surface area contributed by atoms with Crippen LogP contribution in [0.25, 0.3) is 0 Å². The molecule has 0 rings (SSSR count). The minimum atomic E-state index is 0.147. The predicted octanol–water partition coefficient (Wildman–Crippen LogP) is 1.57. The maximum atomic E-state index is 6.02. The molecule has 0 aromatic heterocycles. The highest BCUT2D eigenvalue weighted by molar-refractivity contribution is 4.71. The van der Waals surface area contributed by atoms with Gasteiger partial charge in [0.25, 0.3) is 0 Å². The summed E-state index contributed by atoms with van der Waals surface area (Å²) in [5, 5.41) is 0. The van der Waals surface area contributed by atoms with E-state index in [-0.39, 0.29) is 12.1 Å². The van der Waals surface area contributed by atoms with Crippen molar-refractivity contribution in [3.8, 4) is 0 Å². The standard InChI is InChI=1S/C12H27NO3/c1-4-6-11(13)12(5-2)16-10-9-15-8-7-14-3/h11-12H,4-10,13H2,1-3H3. The van der Waals surface area contributed by atoms with Crippen molar-refractivity contribution in [2.24, 2.45) is 5.73 Å². The van der Waals surface area contributed by atoms with Gasteiger partial charge in [-0.2, -0.15) is 0 Å². The lowest BCUT2D eigenvalue weighted by Gasteiger charge is -2.22. The van der Waals surface area contributed by atoms with Crippen LogP contribution in [0.2, 0.25) is 0 Å². The Kier molecular flexibility index (Phi) is 11.2. The van der Waals surface area contributed by atoms with Crippen LogP contribution in [-0.2, 0) is 14.2 Å². The molecule has 0 bridgehead atoms. The third kappa shape index (κ3) is 8.05. The maximum absolute atomic E-state index is 6.02. The molecule has 0 spiro atoms. The molecule has 0 aliphatic heterocycles. The molecular formula is C12H27NO3. The van der Waals surface area contributed by atoms with E-state index in [1.807, 2.05) is 0 Å². The van der Waals surface area contributed by atoms with Crippen molar-refractivity contribution in [3.05, 3.63) is 0 Å². The van der Waals surface area contributed by atoms with Crippen molar-refractivity contribution in [2.75, 3.05) is 33.5 Å². The van der Waals surface area contributed by atoms with Crippen LogP contribution in [0, 0.1) is 0 Å². The van der Waals surface area contributed by atoms with Crippen LogP contribution in [0.15, 0.2) is 0 Å². The zero-order chi connectivity index (χ0) is 12.2. The molecule has 0 aromatic carbocycles. The SMILES string of the molecule is CCCC(N)C(CC)OCCOCCOC. The Balaban J connectivity index is 3.47. The Morgan fingerprint density at radius 3 is 2.31 bits per heavy atom. The molecule has 98 valence electrons. The smallest absolute Gasteiger partial charge is 0.0724 e. The van der Waals surface area contributed by atoms with Gasteiger partial charge >= 0.3 is 0 Å². The molecular weight excluding hydrogens is 206 g/mol. The van der Waals surface area contributed by atoms with Crippen molar-refractivity contribution in [3.63, 3.8) is 0 Å². The molecule has 0 saturated carbocycles. The van der Waals surface area contributed by atoms with Crippen LogP contribution < -0.4 is 5.73 Å². The number of ether oxygens (including phenoxy) is 3. The fraction of sp³-hybridized carbons (Fsp3) is 1.00. The van der Waals surface area contributed by atoms with E-state index in [4.69, 9.17) is 19.9 Å². The van der Waals surface area contributed by atoms with Crippen molar-refractivity contribution in [1.82, 2.24) is 0 Å². The molecule has 0 aliphatic rings. The molecule has 4 heteroatoms. The minimum absolute atomic E-state index is 0.147. The van der Waals surface area contributed by atoms with Crippen molar-refractivity contribution >= 4 is 0 Å². The first kappa shape index (κ1) is 15.8. The van der Waals surface area contributed by atoms with Crippen molar-refractivity contribution < 1.29 is 14.2 Å². The predicted molar refractivity (Wildman–Crippen MR) is 65.6 cm³/mol. The second-order valence-electron chi connectivity index (χ2n) is 3.88. The molecule has 0 radical (unpaired) electrons. The van der Waals surface area contributed by atoms with Crippen LogP contribution in [-0.4, -0.2) is 45.7 Å². The Hall–Kier alpha value is -0.160. The number of hydrogen-bond donors (Lipinski definition) is 1. The van der Waals surface area contributed by atoms with E-state index in [1.54, 1.807) is 7.11 Å².